The Balaban J connectivity index is 1.94. The molecule has 1 aromatic carbocycles. The Morgan fingerprint density at radius 2 is 2.00 bits per heavy atom. The summed E-state index contributed by atoms with van der Waals surface area (Å²) in [4.78, 5) is 2.04. The lowest BCUT2D eigenvalue weighted by molar-refractivity contribution is 0.324. The van der Waals surface area contributed by atoms with E-state index in [0.717, 1.165) is 33.9 Å². The number of fused-ring (bicyclic) bond motifs is 1. The lowest BCUT2D eigenvalue weighted by atomic mass is 10.0. The number of nitriles is 1. The van der Waals surface area contributed by atoms with Crippen molar-refractivity contribution in [1.29, 1.82) is 10.7 Å². The van der Waals surface area contributed by atoms with Crippen LogP contribution in [0.3, 0.4) is 0 Å². The van der Waals surface area contributed by atoms with Gasteiger partial charge in [0.05, 0.1) is 24.8 Å². The largest absolute Gasteiger partial charge is 0.493 e. The molecule has 0 unspecified atom stereocenters. The van der Waals surface area contributed by atoms with Gasteiger partial charge in [-0.15, -0.1) is 10.2 Å². The predicted molar refractivity (Wildman–Crippen MR) is 126 cm³/mol. The zero-order valence-electron chi connectivity index (χ0n) is 19.2. The first-order chi connectivity index (χ1) is 15.3. The molecule has 166 valence electrons. The molecule has 0 saturated heterocycles. The van der Waals surface area contributed by atoms with Crippen molar-refractivity contribution in [3.05, 3.63) is 59.2 Å². The van der Waals surface area contributed by atoms with Gasteiger partial charge in [-0.3, -0.25) is 4.40 Å². The molecule has 2 aromatic heterocycles. The van der Waals surface area contributed by atoms with E-state index in [-0.39, 0.29) is 0 Å². The van der Waals surface area contributed by atoms with Crippen LogP contribution >= 0.6 is 0 Å². The van der Waals surface area contributed by atoms with Crippen LogP contribution < -0.4 is 10.1 Å². The number of hydrogen-bond acceptors (Lipinski definition) is 7. The first kappa shape index (κ1) is 23.0. The highest BCUT2D eigenvalue weighted by Crippen LogP contribution is 2.32. The van der Waals surface area contributed by atoms with Gasteiger partial charge in [-0.25, -0.2) is 0 Å². The molecule has 0 radical (unpaired) electrons. The Hall–Kier alpha value is -3.70. The molecule has 0 aliphatic heterocycles. The number of nitrogens with zero attached hydrogens (tertiary/aromatic N) is 5. The Bertz CT molecular complexity index is 1200. The minimum atomic E-state index is 0.396. The van der Waals surface area contributed by atoms with Gasteiger partial charge in [-0.05, 0) is 63.8 Å². The third kappa shape index (κ3) is 5.13. The predicted octanol–water partition coefficient (Wildman–Crippen LogP) is 3.63. The van der Waals surface area contributed by atoms with E-state index in [0.29, 0.717) is 36.6 Å². The highest BCUT2D eigenvalue weighted by atomic mass is 16.5. The van der Waals surface area contributed by atoms with Gasteiger partial charge in [0.15, 0.2) is 11.5 Å². The molecule has 2 heterocycles. The molecule has 3 rings (SSSR count). The van der Waals surface area contributed by atoms with Crippen LogP contribution in [0.4, 0.5) is 0 Å². The summed E-state index contributed by atoms with van der Waals surface area (Å²) in [6, 6.07) is 11.6. The molecule has 3 aromatic rings. The molecular formula is C24H29N7O. The van der Waals surface area contributed by atoms with Gasteiger partial charge in [0.1, 0.15) is 5.75 Å². The van der Waals surface area contributed by atoms with E-state index in [1.807, 2.05) is 61.8 Å². The molecule has 0 bridgehead atoms. The van der Waals surface area contributed by atoms with Crippen molar-refractivity contribution < 1.29 is 4.74 Å². The average molecular weight is 432 g/mol. The molecule has 0 amide bonds. The highest BCUT2D eigenvalue weighted by molar-refractivity contribution is 5.96. The van der Waals surface area contributed by atoms with Crippen LogP contribution in [0.2, 0.25) is 0 Å². The number of ether oxygens (including phenoxy) is 1. The minimum Gasteiger partial charge on any atom is -0.493 e. The summed E-state index contributed by atoms with van der Waals surface area (Å²) in [7, 11) is 5.83. The van der Waals surface area contributed by atoms with Gasteiger partial charge in [-0.2, -0.15) is 5.26 Å². The second-order valence-corrected chi connectivity index (χ2v) is 7.90. The zero-order valence-corrected chi connectivity index (χ0v) is 19.2. The van der Waals surface area contributed by atoms with Crippen LogP contribution in [0, 0.1) is 16.7 Å². The molecule has 0 saturated carbocycles. The number of pyridine rings is 1. The first-order valence-corrected chi connectivity index (χ1v) is 10.4. The fourth-order valence-electron chi connectivity index (χ4n) is 3.51. The highest BCUT2D eigenvalue weighted by Gasteiger charge is 2.13. The van der Waals surface area contributed by atoms with E-state index in [9.17, 15) is 5.26 Å². The second kappa shape index (κ2) is 10.1. The first-order valence-electron chi connectivity index (χ1n) is 10.4. The van der Waals surface area contributed by atoms with Gasteiger partial charge in [0.25, 0.3) is 0 Å². The summed E-state index contributed by atoms with van der Waals surface area (Å²) in [6.07, 6.45) is 2.59. The van der Waals surface area contributed by atoms with Crippen molar-refractivity contribution in [1.82, 2.24) is 24.8 Å². The monoisotopic (exact) mass is 431 g/mol. The van der Waals surface area contributed by atoms with E-state index in [1.54, 1.807) is 19.1 Å². The van der Waals surface area contributed by atoms with Crippen LogP contribution in [0.25, 0.3) is 16.8 Å². The third-order valence-corrected chi connectivity index (χ3v) is 5.24. The fourth-order valence-corrected chi connectivity index (χ4v) is 3.51. The molecular weight excluding hydrogens is 402 g/mol. The SMILES string of the molecule is CN/C(C)=C(/CCOc1cc(C#N)ccc1-c1ccc2nnc(CN(C)C)n2c1)C(C)=N. The van der Waals surface area contributed by atoms with Gasteiger partial charge in [-0.1, -0.05) is 0 Å². The van der Waals surface area contributed by atoms with Crippen molar-refractivity contribution in [2.24, 2.45) is 0 Å². The summed E-state index contributed by atoms with van der Waals surface area (Å²) >= 11 is 0. The molecule has 0 aliphatic rings. The molecule has 8 heteroatoms. The fraction of sp³-hybridized carbons (Fsp3) is 0.333. The van der Waals surface area contributed by atoms with Crippen LogP contribution in [0.1, 0.15) is 31.7 Å². The van der Waals surface area contributed by atoms with E-state index >= 15 is 0 Å². The number of hydrogen-bond donors (Lipinski definition) is 2. The summed E-state index contributed by atoms with van der Waals surface area (Å²) in [6.45, 7) is 4.80. The maximum absolute atomic E-state index is 9.37. The van der Waals surface area contributed by atoms with Crippen molar-refractivity contribution in [2.45, 2.75) is 26.8 Å². The van der Waals surface area contributed by atoms with Gasteiger partial charge in [0, 0.05) is 42.2 Å². The topological polar surface area (TPSA) is 102 Å². The van der Waals surface area contributed by atoms with Gasteiger partial charge < -0.3 is 20.4 Å². The molecule has 32 heavy (non-hydrogen) atoms. The van der Waals surface area contributed by atoms with E-state index in [4.69, 9.17) is 10.1 Å². The van der Waals surface area contributed by atoms with E-state index in [2.05, 4.69) is 21.6 Å². The van der Waals surface area contributed by atoms with Gasteiger partial charge >= 0.3 is 0 Å². The van der Waals surface area contributed by atoms with Crippen molar-refractivity contribution in [3.63, 3.8) is 0 Å². The number of benzene rings is 1. The molecule has 2 N–H and O–H groups in total. The third-order valence-electron chi connectivity index (χ3n) is 5.24. The summed E-state index contributed by atoms with van der Waals surface area (Å²) < 4.78 is 8.12. The number of allylic oxidation sites excluding steroid dienone is 1. The maximum Gasteiger partial charge on any atom is 0.160 e. The molecule has 8 nitrogen and oxygen atoms in total. The van der Waals surface area contributed by atoms with E-state index < -0.39 is 0 Å². The lowest BCUT2D eigenvalue weighted by Crippen LogP contribution is -2.13. The van der Waals surface area contributed by atoms with Crippen molar-refractivity contribution >= 4 is 11.4 Å². The average Bonchev–Trinajstić information content (AvgIpc) is 3.17. The minimum absolute atomic E-state index is 0.396. The standard InChI is InChI=1S/C24H29N7O/c1-16(26)20(17(2)27-3)10-11-32-22-12-18(13-25)6-8-21(22)19-7-9-23-28-29-24(15-30(4)5)31(23)14-19/h6-9,12,14,26-27H,10-11,15H2,1-5H3/b20-17-,26-16?. The Morgan fingerprint density at radius 3 is 2.66 bits per heavy atom. The van der Waals surface area contributed by atoms with Crippen LogP contribution in [0.5, 0.6) is 5.75 Å². The van der Waals surface area contributed by atoms with E-state index in [1.165, 1.54) is 0 Å². The second-order valence-electron chi connectivity index (χ2n) is 7.90. The summed E-state index contributed by atoms with van der Waals surface area (Å²) in [5.74, 6) is 1.48. The Kier molecular flexibility index (Phi) is 7.23. The van der Waals surface area contributed by atoms with Crippen molar-refractivity contribution in [2.75, 3.05) is 27.7 Å². The number of nitrogens with one attached hydrogen (secondary N) is 2. The summed E-state index contributed by atoms with van der Waals surface area (Å²) in [5, 5.41) is 29.0. The van der Waals surface area contributed by atoms with Crippen LogP contribution in [0.15, 0.2) is 47.8 Å². The van der Waals surface area contributed by atoms with Crippen LogP contribution in [-0.2, 0) is 6.54 Å². The maximum atomic E-state index is 9.37. The molecule has 0 spiro atoms. The Morgan fingerprint density at radius 1 is 1.22 bits per heavy atom. The number of aromatic nitrogens is 3. The molecule has 0 atom stereocenters. The Labute approximate surface area is 188 Å². The smallest absolute Gasteiger partial charge is 0.160 e. The normalized spacial score (nSPS) is 11.9. The lowest BCUT2D eigenvalue weighted by Gasteiger charge is -2.15. The molecule has 0 fully saturated rings. The number of rotatable bonds is 9. The zero-order chi connectivity index (χ0) is 23.3. The van der Waals surface area contributed by atoms with Gasteiger partial charge in [0.2, 0.25) is 0 Å². The molecule has 0 aliphatic carbocycles. The van der Waals surface area contributed by atoms with Crippen molar-refractivity contribution in [3.8, 4) is 22.9 Å². The quantitative estimate of drug-likeness (QED) is 0.502. The summed E-state index contributed by atoms with van der Waals surface area (Å²) in [5.41, 5.74) is 5.54. The van der Waals surface area contributed by atoms with Crippen LogP contribution in [-0.4, -0.2) is 53.0 Å².